The van der Waals surface area contributed by atoms with E-state index in [4.69, 9.17) is 0 Å². The second kappa shape index (κ2) is 5.65. The lowest BCUT2D eigenvalue weighted by Gasteiger charge is -2.38. The van der Waals surface area contributed by atoms with Gasteiger partial charge in [-0.2, -0.15) is 0 Å². The third-order valence-electron chi connectivity index (χ3n) is 3.99. The van der Waals surface area contributed by atoms with Gasteiger partial charge in [-0.15, -0.1) is 0 Å². The Bertz CT molecular complexity index is 496. The van der Waals surface area contributed by atoms with E-state index >= 15 is 0 Å². The quantitative estimate of drug-likeness (QED) is 0.867. The fraction of sp³-hybridized carbons (Fsp3) is 0.500. The number of carbonyl (C=O) groups is 2. The molecule has 1 aromatic rings. The van der Waals surface area contributed by atoms with Crippen LogP contribution < -0.4 is 0 Å². The van der Waals surface area contributed by atoms with Crippen LogP contribution in [0.4, 0.5) is 0 Å². The molecule has 0 heterocycles. The molecule has 0 spiro atoms. The largest absolute Gasteiger partial charge is 0.480 e. The first-order valence-corrected chi connectivity index (χ1v) is 7.02. The number of amides is 1. The van der Waals surface area contributed by atoms with Crippen LogP contribution >= 0.6 is 0 Å². The first-order chi connectivity index (χ1) is 9.45. The normalized spacial score (nSPS) is 17.3. The highest BCUT2D eigenvalue weighted by molar-refractivity contribution is 5.86. The van der Waals surface area contributed by atoms with Crippen LogP contribution in [-0.4, -0.2) is 33.5 Å². The number of aliphatic carboxylic acids is 1. The second-order valence-corrected chi connectivity index (χ2v) is 5.68. The molecule has 1 unspecified atom stereocenters. The third-order valence-corrected chi connectivity index (χ3v) is 3.99. The van der Waals surface area contributed by atoms with E-state index in [1.165, 1.54) is 6.92 Å². The molecule has 108 valence electrons. The Labute approximate surface area is 119 Å². The van der Waals surface area contributed by atoms with Crippen molar-refractivity contribution in [1.82, 2.24) is 4.90 Å². The Morgan fingerprint density at radius 1 is 1.30 bits per heavy atom. The maximum Gasteiger partial charge on any atom is 0.329 e. The van der Waals surface area contributed by atoms with E-state index in [0.29, 0.717) is 12.8 Å². The maximum absolute atomic E-state index is 11.9. The standard InChI is InChI=1S/C16H21NO3/c1-12(18)17(14-8-9-14)16(2,15(19)20)11-10-13-6-4-3-5-7-13/h3-7,14H,8-11H2,1-2H3,(H,19,20). The second-order valence-electron chi connectivity index (χ2n) is 5.68. The van der Waals surface area contributed by atoms with E-state index in [2.05, 4.69) is 0 Å². The van der Waals surface area contributed by atoms with Crippen molar-refractivity contribution in [3.05, 3.63) is 35.9 Å². The maximum atomic E-state index is 11.9. The summed E-state index contributed by atoms with van der Waals surface area (Å²) in [5.74, 6) is -1.07. The molecule has 2 rings (SSSR count). The van der Waals surface area contributed by atoms with E-state index in [1.807, 2.05) is 30.3 Å². The molecule has 4 nitrogen and oxygen atoms in total. The molecule has 0 saturated heterocycles. The Kier molecular flexibility index (Phi) is 4.12. The van der Waals surface area contributed by atoms with Crippen molar-refractivity contribution in [3.8, 4) is 0 Å². The highest BCUT2D eigenvalue weighted by Gasteiger charge is 2.47. The summed E-state index contributed by atoms with van der Waals surface area (Å²) in [6, 6.07) is 9.89. The van der Waals surface area contributed by atoms with Crippen LogP contribution in [0.25, 0.3) is 0 Å². The van der Waals surface area contributed by atoms with Crippen LogP contribution in [0.2, 0.25) is 0 Å². The van der Waals surface area contributed by atoms with Gasteiger partial charge in [-0.3, -0.25) is 4.79 Å². The lowest BCUT2D eigenvalue weighted by molar-refractivity contribution is -0.158. The average Bonchev–Trinajstić information content (AvgIpc) is 3.21. The molecule has 1 saturated carbocycles. The van der Waals surface area contributed by atoms with Gasteiger partial charge in [-0.05, 0) is 38.2 Å². The summed E-state index contributed by atoms with van der Waals surface area (Å²) in [5.41, 5.74) is -0.0256. The minimum Gasteiger partial charge on any atom is -0.480 e. The summed E-state index contributed by atoms with van der Waals surface area (Å²) in [4.78, 5) is 25.1. The van der Waals surface area contributed by atoms with E-state index in [0.717, 1.165) is 18.4 Å². The fourth-order valence-electron chi connectivity index (χ4n) is 2.70. The summed E-state index contributed by atoms with van der Waals surface area (Å²) >= 11 is 0. The van der Waals surface area contributed by atoms with Crippen LogP contribution in [0.5, 0.6) is 0 Å². The Balaban J connectivity index is 2.16. The number of hydrogen-bond donors (Lipinski definition) is 1. The van der Waals surface area contributed by atoms with Gasteiger partial charge in [0.25, 0.3) is 0 Å². The van der Waals surface area contributed by atoms with Crippen molar-refractivity contribution in [1.29, 1.82) is 0 Å². The van der Waals surface area contributed by atoms with Crippen LogP contribution in [-0.2, 0) is 16.0 Å². The smallest absolute Gasteiger partial charge is 0.329 e. The summed E-state index contributed by atoms with van der Waals surface area (Å²) in [7, 11) is 0. The number of carbonyl (C=O) groups excluding carboxylic acids is 1. The van der Waals surface area contributed by atoms with Gasteiger partial charge < -0.3 is 10.0 Å². The van der Waals surface area contributed by atoms with Gasteiger partial charge in [0.2, 0.25) is 5.91 Å². The van der Waals surface area contributed by atoms with Gasteiger partial charge in [-0.1, -0.05) is 30.3 Å². The predicted molar refractivity (Wildman–Crippen MR) is 76.3 cm³/mol. The number of benzene rings is 1. The first-order valence-electron chi connectivity index (χ1n) is 7.02. The summed E-state index contributed by atoms with van der Waals surface area (Å²) < 4.78 is 0. The molecule has 4 heteroatoms. The zero-order valence-corrected chi connectivity index (χ0v) is 12.0. The number of carboxylic acid groups (broad SMARTS) is 1. The molecular weight excluding hydrogens is 254 g/mol. The summed E-state index contributed by atoms with van der Waals surface area (Å²) in [6.07, 6.45) is 2.91. The van der Waals surface area contributed by atoms with Crippen LogP contribution in [0.15, 0.2) is 30.3 Å². The number of hydrogen-bond acceptors (Lipinski definition) is 2. The predicted octanol–water partition coefficient (Wildman–Crippen LogP) is 2.47. The average molecular weight is 275 g/mol. The van der Waals surface area contributed by atoms with Crippen molar-refractivity contribution < 1.29 is 14.7 Å². The fourth-order valence-corrected chi connectivity index (χ4v) is 2.70. The molecule has 1 N–H and O–H groups in total. The lowest BCUT2D eigenvalue weighted by Crippen LogP contribution is -2.55. The monoisotopic (exact) mass is 275 g/mol. The molecule has 20 heavy (non-hydrogen) atoms. The number of nitrogens with zero attached hydrogens (tertiary/aromatic N) is 1. The van der Waals surface area contributed by atoms with Crippen LogP contribution in [0, 0.1) is 0 Å². The Hall–Kier alpha value is -1.84. The third kappa shape index (κ3) is 3.00. The molecular formula is C16H21NO3. The van der Waals surface area contributed by atoms with Crippen LogP contribution in [0.1, 0.15) is 38.7 Å². The lowest BCUT2D eigenvalue weighted by atomic mass is 9.91. The molecule has 1 aliphatic carbocycles. The molecule has 0 aliphatic heterocycles. The minimum absolute atomic E-state index is 0.101. The molecule has 1 aromatic carbocycles. The number of rotatable bonds is 6. The molecule has 1 amide bonds. The van der Waals surface area contributed by atoms with Crippen molar-refractivity contribution in [3.63, 3.8) is 0 Å². The van der Waals surface area contributed by atoms with E-state index in [9.17, 15) is 14.7 Å². The van der Waals surface area contributed by atoms with Crippen LogP contribution in [0.3, 0.4) is 0 Å². The van der Waals surface area contributed by atoms with Gasteiger partial charge in [0.05, 0.1) is 0 Å². The van der Waals surface area contributed by atoms with Gasteiger partial charge in [-0.25, -0.2) is 4.79 Å². The molecule has 0 aromatic heterocycles. The van der Waals surface area contributed by atoms with Gasteiger partial charge in [0.1, 0.15) is 5.54 Å². The molecule has 1 atom stereocenters. The van der Waals surface area contributed by atoms with Crippen molar-refractivity contribution in [2.24, 2.45) is 0 Å². The first kappa shape index (κ1) is 14.6. The number of aryl methyl sites for hydroxylation is 1. The zero-order valence-electron chi connectivity index (χ0n) is 12.0. The molecule has 0 radical (unpaired) electrons. The van der Waals surface area contributed by atoms with Crippen molar-refractivity contribution in [2.45, 2.75) is 51.1 Å². The minimum atomic E-state index is -1.12. The number of carboxylic acids is 1. The Morgan fingerprint density at radius 3 is 2.35 bits per heavy atom. The highest BCUT2D eigenvalue weighted by Crippen LogP contribution is 2.35. The summed E-state index contributed by atoms with van der Waals surface area (Å²) in [6.45, 7) is 3.13. The van der Waals surface area contributed by atoms with E-state index < -0.39 is 11.5 Å². The zero-order chi connectivity index (χ0) is 14.8. The van der Waals surface area contributed by atoms with E-state index in [-0.39, 0.29) is 11.9 Å². The summed E-state index contributed by atoms with van der Waals surface area (Å²) in [5, 5.41) is 9.61. The van der Waals surface area contributed by atoms with Crippen molar-refractivity contribution >= 4 is 11.9 Å². The highest BCUT2D eigenvalue weighted by atomic mass is 16.4. The molecule has 1 fully saturated rings. The van der Waals surface area contributed by atoms with Gasteiger partial charge >= 0.3 is 5.97 Å². The van der Waals surface area contributed by atoms with Gasteiger partial charge in [0.15, 0.2) is 0 Å². The SMILES string of the molecule is CC(=O)N(C1CC1)C(C)(CCc1ccccc1)C(=O)O. The van der Waals surface area contributed by atoms with Gasteiger partial charge in [0, 0.05) is 13.0 Å². The topological polar surface area (TPSA) is 57.6 Å². The van der Waals surface area contributed by atoms with E-state index in [1.54, 1.807) is 11.8 Å². The molecule has 0 bridgehead atoms. The Morgan fingerprint density at radius 2 is 1.90 bits per heavy atom. The molecule has 1 aliphatic rings. The van der Waals surface area contributed by atoms with Crippen molar-refractivity contribution in [2.75, 3.05) is 0 Å².